The number of alkyl halides is 6. The number of rotatable bonds is 7. The van der Waals surface area contributed by atoms with Crippen LogP contribution in [0.5, 0.6) is 6.01 Å². The first-order chi connectivity index (χ1) is 13.4. The second kappa shape index (κ2) is 8.66. The average Bonchev–Trinajstić information content (AvgIpc) is 2.61. The van der Waals surface area contributed by atoms with Crippen molar-refractivity contribution in [1.82, 2.24) is 15.0 Å². The zero-order valence-corrected chi connectivity index (χ0v) is 15.1. The van der Waals surface area contributed by atoms with Gasteiger partial charge in [0.05, 0.1) is 0 Å². The van der Waals surface area contributed by atoms with Crippen LogP contribution in [0.3, 0.4) is 0 Å². The van der Waals surface area contributed by atoms with Gasteiger partial charge in [0.25, 0.3) is 6.10 Å². The van der Waals surface area contributed by atoms with Crippen LogP contribution in [0.2, 0.25) is 0 Å². The van der Waals surface area contributed by atoms with E-state index in [-0.39, 0.29) is 17.6 Å². The Balaban J connectivity index is 2.44. The van der Waals surface area contributed by atoms with Gasteiger partial charge in [0.15, 0.2) is 0 Å². The zero-order valence-electron chi connectivity index (χ0n) is 15.1. The second-order valence-corrected chi connectivity index (χ2v) is 5.63. The van der Waals surface area contributed by atoms with Gasteiger partial charge in [-0.1, -0.05) is 0 Å². The molecule has 2 rings (SSSR count). The minimum atomic E-state index is -5.73. The Hall–Kier alpha value is -2.86. The van der Waals surface area contributed by atoms with Crippen LogP contribution in [0, 0.1) is 5.82 Å². The summed E-state index contributed by atoms with van der Waals surface area (Å²) in [5.74, 6) is -1.10. The second-order valence-electron chi connectivity index (χ2n) is 5.63. The highest BCUT2D eigenvalue weighted by Crippen LogP contribution is 2.36. The summed E-state index contributed by atoms with van der Waals surface area (Å²) >= 11 is 0. The standard InChI is InChI=1S/C16H16F7N5O/c1-3-28(4-2)13-25-12(24-10-7-5-9(17)6-8-10)26-14(27-13)29-11(15(18,19)20)16(21,22)23/h5-8,11H,3-4H2,1-2H3,(H,24,25,26,27). The molecule has 1 aromatic carbocycles. The zero-order chi connectivity index (χ0) is 21.8. The highest BCUT2D eigenvalue weighted by Gasteiger charge is 2.59. The van der Waals surface area contributed by atoms with Crippen molar-refractivity contribution in [2.75, 3.05) is 23.3 Å². The maximum Gasteiger partial charge on any atom is 0.434 e. The molecule has 0 aliphatic heterocycles. The molecule has 160 valence electrons. The van der Waals surface area contributed by atoms with Crippen molar-refractivity contribution in [2.24, 2.45) is 0 Å². The molecule has 0 aliphatic carbocycles. The van der Waals surface area contributed by atoms with Crippen molar-refractivity contribution in [2.45, 2.75) is 32.3 Å². The van der Waals surface area contributed by atoms with Gasteiger partial charge in [-0.3, -0.25) is 0 Å². The number of benzene rings is 1. The van der Waals surface area contributed by atoms with Crippen LogP contribution in [0.15, 0.2) is 24.3 Å². The lowest BCUT2D eigenvalue weighted by Gasteiger charge is -2.24. The number of hydrogen-bond donors (Lipinski definition) is 1. The van der Waals surface area contributed by atoms with Crippen LogP contribution in [0.1, 0.15) is 13.8 Å². The molecule has 1 heterocycles. The number of halogens is 7. The van der Waals surface area contributed by atoms with Gasteiger partial charge in [-0.15, -0.1) is 0 Å². The molecular formula is C16H16F7N5O. The highest BCUT2D eigenvalue weighted by molar-refractivity contribution is 5.54. The fourth-order valence-corrected chi connectivity index (χ4v) is 2.19. The topological polar surface area (TPSA) is 63.2 Å². The summed E-state index contributed by atoms with van der Waals surface area (Å²) in [4.78, 5) is 12.5. The molecule has 1 aromatic heterocycles. The Morgan fingerprint density at radius 2 is 1.48 bits per heavy atom. The Morgan fingerprint density at radius 1 is 0.931 bits per heavy atom. The van der Waals surface area contributed by atoms with Crippen LogP contribution in [-0.4, -0.2) is 46.5 Å². The van der Waals surface area contributed by atoms with E-state index in [1.54, 1.807) is 13.8 Å². The van der Waals surface area contributed by atoms with E-state index >= 15 is 0 Å². The van der Waals surface area contributed by atoms with Crippen molar-refractivity contribution < 1.29 is 35.5 Å². The third kappa shape index (κ3) is 6.06. The molecule has 1 N–H and O–H groups in total. The first-order valence-electron chi connectivity index (χ1n) is 8.27. The monoisotopic (exact) mass is 427 g/mol. The maximum absolute atomic E-state index is 13.0. The number of nitrogens with zero attached hydrogens (tertiary/aromatic N) is 4. The molecule has 0 bridgehead atoms. The van der Waals surface area contributed by atoms with E-state index < -0.39 is 30.3 Å². The van der Waals surface area contributed by atoms with Crippen molar-refractivity contribution in [3.8, 4) is 6.01 Å². The molecule has 0 radical (unpaired) electrons. The normalized spacial score (nSPS) is 12.2. The fourth-order valence-electron chi connectivity index (χ4n) is 2.19. The van der Waals surface area contributed by atoms with Gasteiger partial charge in [-0.2, -0.15) is 41.3 Å². The van der Waals surface area contributed by atoms with Crippen molar-refractivity contribution in [3.63, 3.8) is 0 Å². The maximum atomic E-state index is 13.0. The molecule has 6 nitrogen and oxygen atoms in total. The summed E-state index contributed by atoms with van der Waals surface area (Å²) in [6, 6.07) is 3.59. The molecule has 0 aliphatic rings. The molecule has 0 spiro atoms. The van der Waals surface area contributed by atoms with Crippen LogP contribution in [0.4, 0.5) is 48.3 Å². The minimum Gasteiger partial charge on any atom is -0.440 e. The molecule has 2 aromatic rings. The highest BCUT2D eigenvalue weighted by atomic mass is 19.4. The molecule has 0 saturated heterocycles. The van der Waals surface area contributed by atoms with Gasteiger partial charge in [0.2, 0.25) is 11.9 Å². The summed E-state index contributed by atoms with van der Waals surface area (Å²) in [5.41, 5.74) is 0.247. The fraction of sp³-hybridized carbons (Fsp3) is 0.438. The summed E-state index contributed by atoms with van der Waals surface area (Å²) < 4.78 is 93.9. The predicted octanol–water partition coefficient (Wildman–Crippen LogP) is 4.47. The van der Waals surface area contributed by atoms with Gasteiger partial charge >= 0.3 is 18.4 Å². The summed E-state index contributed by atoms with van der Waals surface area (Å²) in [6.45, 7) is 4.01. The minimum absolute atomic E-state index is 0.187. The molecule has 0 atom stereocenters. The number of ether oxygens (including phenoxy) is 1. The van der Waals surface area contributed by atoms with E-state index in [4.69, 9.17) is 0 Å². The quantitative estimate of drug-likeness (QED) is 0.658. The lowest BCUT2D eigenvalue weighted by molar-refractivity contribution is -0.301. The third-order valence-corrected chi connectivity index (χ3v) is 3.57. The van der Waals surface area contributed by atoms with Gasteiger partial charge in [-0.05, 0) is 38.1 Å². The van der Waals surface area contributed by atoms with Gasteiger partial charge in [0.1, 0.15) is 5.82 Å². The number of hydrogen-bond acceptors (Lipinski definition) is 6. The third-order valence-electron chi connectivity index (χ3n) is 3.57. The molecule has 29 heavy (non-hydrogen) atoms. The molecule has 0 unspecified atom stereocenters. The molecule has 0 fully saturated rings. The van der Waals surface area contributed by atoms with E-state index in [2.05, 4.69) is 25.0 Å². The first-order valence-corrected chi connectivity index (χ1v) is 8.27. The number of aromatic nitrogens is 3. The summed E-state index contributed by atoms with van der Waals surface area (Å²) in [5, 5.41) is 2.57. The SMILES string of the molecule is CCN(CC)c1nc(Nc2ccc(F)cc2)nc(OC(C(F)(F)F)C(F)(F)F)n1. The number of anilines is 3. The van der Waals surface area contributed by atoms with E-state index in [1.165, 1.54) is 17.0 Å². The Morgan fingerprint density at radius 3 is 1.97 bits per heavy atom. The Kier molecular flexibility index (Phi) is 6.69. The first kappa shape index (κ1) is 22.4. The van der Waals surface area contributed by atoms with E-state index in [0.717, 1.165) is 12.1 Å². The van der Waals surface area contributed by atoms with E-state index in [0.29, 0.717) is 13.1 Å². The number of nitrogens with one attached hydrogen (secondary N) is 1. The van der Waals surface area contributed by atoms with Crippen LogP contribution in [-0.2, 0) is 0 Å². The van der Waals surface area contributed by atoms with Crippen molar-refractivity contribution in [3.05, 3.63) is 30.1 Å². The Labute approximate surface area is 160 Å². The van der Waals surface area contributed by atoms with E-state index in [9.17, 15) is 30.7 Å². The molecule has 0 amide bonds. The lowest BCUT2D eigenvalue weighted by Crippen LogP contribution is -2.47. The molecule has 13 heteroatoms. The van der Waals surface area contributed by atoms with Gasteiger partial charge < -0.3 is 15.0 Å². The molecule has 0 saturated carbocycles. The Bertz CT molecular complexity index is 793. The van der Waals surface area contributed by atoms with Crippen LogP contribution in [0.25, 0.3) is 0 Å². The van der Waals surface area contributed by atoms with Gasteiger partial charge in [0, 0.05) is 18.8 Å². The average molecular weight is 427 g/mol. The molecular weight excluding hydrogens is 411 g/mol. The van der Waals surface area contributed by atoms with E-state index in [1.807, 2.05) is 0 Å². The summed E-state index contributed by atoms with van der Waals surface area (Å²) in [6.07, 6.45) is -15.6. The summed E-state index contributed by atoms with van der Waals surface area (Å²) in [7, 11) is 0. The predicted molar refractivity (Wildman–Crippen MR) is 89.6 cm³/mol. The largest absolute Gasteiger partial charge is 0.440 e. The van der Waals surface area contributed by atoms with Crippen molar-refractivity contribution >= 4 is 17.6 Å². The van der Waals surface area contributed by atoms with Crippen molar-refractivity contribution in [1.29, 1.82) is 0 Å². The lowest BCUT2D eigenvalue weighted by atomic mass is 10.3. The van der Waals surface area contributed by atoms with Crippen LogP contribution < -0.4 is 15.0 Å². The smallest absolute Gasteiger partial charge is 0.434 e. The van der Waals surface area contributed by atoms with Crippen LogP contribution >= 0.6 is 0 Å². The van der Waals surface area contributed by atoms with Gasteiger partial charge in [-0.25, -0.2) is 4.39 Å².